The number of carbonyl (C=O) groups is 1. The Bertz CT molecular complexity index is 965. The lowest BCUT2D eigenvalue weighted by atomic mass is 9.81. The van der Waals surface area contributed by atoms with E-state index in [1.807, 2.05) is 44.2 Å². The Morgan fingerprint density at radius 3 is 2.54 bits per heavy atom. The lowest BCUT2D eigenvalue weighted by molar-refractivity contribution is -0.00453. The van der Waals surface area contributed by atoms with Crippen molar-refractivity contribution in [1.29, 1.82) is 0 Å². The monoisotopic (exact) mass is 481 g/mol. The molecule has 1 aliphatic carbocycles. The molecule has 0 radical (unpaired) electrons. The number of β-amino-alcohol motifs (C(OH)–C–C–N with tert-alkyl or cyclic N) is 1. The zero-order chi connectivity index (χ0) is 25.4. The predicted molar refractivity (Wildman–Crippen MR) is 142 cm³/mol. The van der Waals surface area contributed by atoms with Gasteiger partial charge in [-0.2, -0.15) is 0 Å². The molecule has 3 rings (SSSR count). The summed E-state index contributed by atoms with van der Waals surface area (Å²) in [5, 5.41) is 14.2. The minimum absolute atomic E-state index is 0.00935. The van der Waals surface area contributed by atoms with Crippen LogP contribution in [-0.2, 0) is 9.47 Å². The van der Waals surface area contributed by atoms with E-state index in [4.69, 9.17) is 9.47 Å². The first-order valence-corrected chi connectivity index (χ1v) is 13.0. The number of hydrogen-bond donors (Lipinski definition) is 2. The summed E-state index contributed by atoms with van der Waals surface area (Å²) >= 11 is 0. The van der Waals surface area contributed by atoms with Gasteiger partial charge in [0.2, 0.25) is 0 Å². The maximum atomic E-state index is 12.0. The van der Waals surface area contributed by atoms with Gasteiger partial charge >= 0.3 is 5.97 Å². The van der Waals surface area contributed by atoms with Crippen LogP contribution in [0, 0.1) is 12.8 Å². The second kappa shape index (κ2) is 12.7. The van der Waals surface area contributed by atoms with Gasteiger partial charge in [0.15, 0.2) is 0 Å². The second-order valence-electron chi connectivity index (χ2n) is 10.7. The largest absolute Gasteiger partial charge is 0.465 e. The molecule has 35 heavy (non-hydrogen) atoms. The van der Waals surface area contributed by atoms with Crippen LogP contribution in [0.1, 0.15) is 86.9 Å². The molecule has 1 aliphatic rings. The van der Waals surface area contributed by atoms with E-state index >= 15 is 0 Å². The standard InChI is InChI=1S/C30H43NO4/c1-21-17-24(15-16-26(21)29(33)34-5)28-14-10-9-13-27(28)22(2)35-20-25(32)19-31-30(3,4)18-23-11-7-6-8-12-23/h9-10,13-17,22-23,25,31-32H,6-8,11-12,18-20H2,1-5H3/t22-,25-/m1/s1. The number of aliphatic hydroxyl groups is 1. The Morgan fingerprint density at radius 1 is 1.14 bits per heavy atom. The Kier molecular flexibility index (Phi) is 9.90. The number of benzene rings is 2. The van der Waals surface area contributed by atoms with E-state index in [0.717, 1.165) is 34.6 Å². The first kappa shape index (κ1) is 27.4. The number of carbonyl (C=O) groups excluding carboxylic acids is 1. The molecule has 0 aromatic heterocycles. The molecule has 0 aliphatic heterocycles. The summed E-state index contributed by atoms with van der Waals surface area (Å²) in [6, 6.07) is 13.9. The third kappa shape index (κ3) is 7.89. The van der Waals surface area contributed by atoms with E-state index in [-0.39, 0.29) is 24.2 Å². The molecular weight excluding hydrogens is 438 g/mol. The van der Waals surface area contributed by atoms with Gasteiger partial charge in [-0.15, -0.1) is 0 Å². The van der Waals surface area contributed by atoms with Crippen LogP contribution in [0.15, 0.2) is 42.5 Å². The fourth-order valence-corrected chi connectivity index (χ4v) is 5.27. The summed E-state index contributed by atoms with van der Waals surface area (Å²) in [5.74, 6) is 0.463. The SMILES string of the molecule is COC(=O)c1ccc(-c2ccccc2[C@@H](C)OC[C@H](O)CNC(C)(C)CC2CCCCC2)cc1C. The van der Waals surface area contributed by atoms with Crippen LogP contribution >= 0.6 is 0 Å². The average Bonchev–Trinajstić information content (AvgIpc) is 2.86. The summed E-state index contributed by atoms with van der Waals surface area (Å²) < 4.78 is 11.0. The number of esters is 1. The van der Waals surface area contributed by atoms with Crippen molar-refractivity contribution in [2.45, 2.75) is 84.0 Å². The molecule has 0 saturated heterocycles. The van der Waals surface area contributed by atoms with Gasteiger partial charge in [-0.25, -0.2) is 4.79 Å². The summed E-state index contributed by atoms with van der Waals surface area (Å²) in [4.78, 5) is 12.0. The first-order chi connectivity index (χ1) is 16.7. The third-order valence-electron chi connectivity index (χ3n) is 7.22. The van der Waals surface area contributed by atoms with Crippen molar-refractivity contribution < 1.29 is 19.4 Å². The van der Waals surface area contributed by atoms with Crippen LogP contribution in [0.4, 0.5) is 0 Å². The zero-order valence-corrected chi connectivity index (χ0v) is 22.1. The van der Waals surface area contributed by atoms with E-state index in [1.54, 1.807) is 0 Å². The number of nitrogens with one attached hydrogen (secondary N) is 1. The summed E-state index contributed by atoms with van der Waals surface area (Å²) in [7, 11) is 1.39. The summed E-state index contributed by atoms with van der Waals surface area (Å²) in [6.45, 7) is 9.19. The van der Waals surface area contributed by atoms with Crippen molar-refractivity contribution >= 4 is 5.97 Å². The average molecular weight is 482 g/mol. The quantitative estimate of drug-likeness (QED) is 0.373. The molecule has 0 unspecified atom stereocenters. The smallest absolute Gasteiger partial charge is 0.338 e. The van der Waals surface area contributed by atoms with Gasteiger partial charge in [0.25, 0.3) is 0 Å². The molecule has 0 heterocycles. The third-order valence-corrected chi connectivity index (χ3v) is 7.22. The van der Waals surface area contributed by atoms with Crippen LogP contribution in [0.2, 0.25) is 0 Å². The van der Waals surface area contributed by atoms with E-state index in [0.29, 0.717) is 12.1 Å². The summed E-state index contributed by atoms with van der Waals surface area (Å²) in [6.07, 6.45) is 7.14. The van der Waals surface area contributed by atoms with Gasteiger partial charge in [-0.05, 0) is 68.4 Å². The van der Waals surface area contributed by atoms with Gasteiger partial charge < -0.3 is 19.9 Å². The highest BCUT2D eigenvalue weighted by molar-refractivity contribution is 5.91. The maximum Gasteiger partial charge on any atom is 0.338 e. The molecule has 2 aromatic rings. The zero-order valence-electron chi connectivity index (χ0n) is 22.1. The predicted octanol–water partition coefficient (Wildman–Crippen LogP) is 6.23. The first-order valence-electron chi connectivity index (χ1n) is 13.0. The Labute approximate surface area is 211 Å². The molecular formula is C30H43NO4. The highest BCUT2D eigenvalue weighted by Gasteiger charge is 2.25. The van der Waals surface area contributed by atoms with Gasteiger partial charge in [0.1, 0.15) is 0 Å². The number of methoxy groups -OCH3 is 1. The van der Waals surface area contributed by atoms with Crippen LogP contribution in [0.3, 0.4) is 0 Å². The van der Waals surface area contributed by atoms with E-state index < -0.39 is 6.10 Å². The topological polar surface area (TPSA) is 67.8 Å². The number of ether oxygens (including phenoxy) is 2. The highest BCUT2D eigenvalue weighted by atomic mass is 16.5. The van der Waals surface area contributed by atoms with Gasteiger partial charge in [-0.1, -0.05) is 68.5 Å². The van der Waals surface area contributed by atoms with Crippen LogP contribution < -0.4 is 5.32 Å². The number of rotatable bonds is 11. The Balaban J connectivity index is 1.57. The maximum absolute atomic E-state index is 12.0. The molecule has 5 heteroatoms. The van der Waals surface area contributed by atoms with Crippen molar-refractivity contribution in [3.05, 3.63) is 59.2 Å². The molecule has 2 N–H and O–H groups in total. The molecule has 2 aromatic carbocycles. The van der Waals surface area contributed by atoms with Gasteiger partial charge in [-0.3, -0.25) is 0 Å². The van der Waals surface area contributed by atoms with Crippen molar-refractivity contribution in [3.8, 4) is 11.1 Å². The molecule has 192 valence electrons. The second-order valence-corrected chi connectivity index (χ2v) is 10.7. The number of aliphatic hydroxyl groups excluding tert-OH is 1. The molecule has 0 amide bonds. The van der Waals surface area contributed by atoms with E-state index in [1.165, 1.54) is 39.2 Å². The molecule has 0 bridgehead atoms. The lowest BCUT2D eigenvalue weighted by Crippen LogP contribution is -2.45. The summed E-state index contributed by atoms with van der Waals surface area (Å²) in [5.41, 5.74) is 4.58. The molecule has 2 atom stereocenters. The van der Waals surface area contributed by atoms with Crippen LogP contribution in [-0.4, -0.2) is 43.0 Å². The van der Waals surface area contributed by atoms with E-state index in [2.05, 4.69) is 31.3 Å². The Morgan fingerprint density at radius 2 is 1.86 bits per heavy atom. The normalized spacial score (nSPS) is 16.6. The number of hydrogen-bond acceptors (Lipinski definition) is 5. The van der Waals surface area contributed by atoms with Crippen molar-refractivity contribution in [2.75, 3.05) is 20.3 Å². The molecule has 5 nitrogen and oxygen atoms in total. The lowest BCUT2D eigenvalue weighted by Gasteiger charge is -2.33. The molecule has 1 saturated carbocycles. The van der Waals surface area contributed by atoms with Crippen molar-refractivity contribution in [1.82, 2.24) is 5.32 Å². The molecule has 0 spiro atoms. The van der Waals surface area contributed by atoms with Crippen molar-refractivity contribution in [2.24, 2.45) is 5.92 Å². The van der Waals surface area contributed by atoms with Crippen LogP contribution in [0.5, 0.6) is 0 Å². The minimum Gasteiger partial charge on any atom is -0.465 e. The van der Waals surface area contributed by atoms with Gasteiger partial charge in [0, 0.05) is 12.1 Å². The highest BCUT2D eigenvalue weighted by Crippen LogP contribution is 2.32. The van der Waals surface area contributed by atoms with Crippen LogP contribution in [0.25, 0.3) is 11.1 Å². The Hall–Kier alpha value is -2.21. The van der Waals surface area contributed by atoms with Gasteiger partial charge in [0.05, 0.1) is 31.5 Å². The molecule has 1 fully saturated rings. The number of aryl methyl sites for hydroxylation is 1. The fraction of sp³-hybridized carbons (Fsp3) is 0.567. The van der Waals surface area contributed by atoms with E-state index in [9.17, 15) is 9.90 Å². The van der Waals surface area contributed by atoms with Crippen molar-refractivity contribution in [3.63, 3.8) is 0 Å². The fourth-order valence-electron chi connectivity index (χ4n) is 5.27. The minimum atomic E-state index is -0.572.